The second-order valence-electron chi connectivity index (χ2n) is 5.17. The highest BCUT2D eigenvalue weighted by molar-refractivity contribution is 5.78. The van der Waals surface area contributed by atoms with Crippen LogP contribution in [-0.4, -0.2) is 42.1 Å². The number of likely N-dealkylation sites (N-methyl/N-ethyl adjacent to an activating group) is 1. The lowest BCUT2D eigenvalue weighted by molar-refractivity contribution is -0.123. The molecule has 0 aromatic carbocycles. The van der Waals surface area contributed by atoms with E-state index in [1.165, 1.54) is 19.1 Å². The first-order valence-corrected chi connectivity index (χ1v) is 6.22. The molecule has 0 bridgehead atoms. The van der Waals surface area contributed by atoms with Crippen molar-refractivity contribution in [3.05, 3.63) is 24.2 Å². The third kappa shape index (κ3) is 3.34. The monoisotopic (exact) mass is 252 g/mol. The summed E-state index contributed by atoms with van der Waals surface area (Å²) < 4.78 is 5.15. The molecule has 0 aliphatic heterocycles. The smallest absolute Gasteiger partial charge is 0.234 e. The number of carbonyl (C=O) groups is 1. The summed E-state index contributed by atoms with van der Waals surface area (Å²) in [6.45, 7) is 2.15. The Balaban J connectivity index is 1.78. The van der Waals surface area contributed by atoms with Crippen molar-refractivity contribution in [3.63, 3.8) is 0 Å². The van der Waals surface area contributed by atoms with Crippen LogP contribution in [0.4, 0.5) is 0 Å². The van der Waals surface area contributed by atoms with Crippen molar-refractivity contribution < 1.29 is 14.3 Å². The molecule has 5 nitrogen and oxygen atoms in total. The van der Waals surface area contributed by atoms with Crippen molar-refractivity contribution in [3.8, 4) is 0 Å². The Bertz CT molecular complexity index is 396. The zero-order valence-electron chi connectivity index (χ0n) is 10.8. The molecule has 0 saturated heterocycles. The van der Waals surface area contributed by atoms with Crippen LogP contribution in [0.15, 0.2) is 22.8 Å². The molecule has 1 aliphatic carbocycles. The predicted molar refractivity (Wildman–Crippen MR) is 66.9 cm³/mol. The molecule has 1 fully saturated rings. The number of furan rings is 1. The summed E-state index contributed by atoms with van der Waals surface area (Å²) >= 11 is 0. The van der Waals surface area contributed by atoms with Crippen LogP contribution in [0.3, 0.4) is 0 Å². The van der Waals surface area contributed by atoms with Crippen LogP contribution in [0, 0.1) is 0 Å². The van der Waals surface area contributed by atoms with Crippen LogP contribution < -0.4 is 5.32 Å². The molecule has 1 heterocycles. The van der Waals surface area contributed by atoms with Crippen molar-refractivity contribution in [2.45, 2.75) is 31.4 Å². The number of nitrogens with one attached hydrogen (secondary N) is 1. The second-order valence-corrected chi connectivity index (χ2v) is 5.17. The molecule has 1 aromatic heterocycles. The van der Waals surface area contributed by atoms with Crippen LogP contribution in [-0.2, 0) is 10.4 Å². The molecule has 1 saturated carbocycles. The highest BCUT2D eigenvalue weighted by atomic mass is 16.4. The number of aliphatic hydroxyl groups is 1. The average Bonchev–Trinajstić information content (AvgIpc) is 3.01. The van der Waals surface area contributed by atoms with Crippen molar-refractivity contribution in [2.24, 2.45) is 0 Å². The number of amides is 1. The van der Waals surface area contributed by atoms with Crippen molar-refractivity contribution in [1.29, 1.82) is 0 Å². The molecule has 0 spiro atoms. The fourth-order valence-electron chi connectivity index (χ4n) is 1.87. The molecule has 100 valence electrons. The topological polar surface area (TPSA) is 65.7 Å². The SMILES string of the molecule is CN(CC(=O)NCC(C)(O)c1ccco1)C1CC1. The van der Waals surface area contributed by atoms with E-state index in [0.717, 1.165) is 0 Å². The van der Waals surface area contributed by atoms with Crippen molar-refractivity contribution >= 4 is 5.91 Å². The summed E-state index contributed by atoms with van der Waals surface area (Å²) in [5.41, 5.74) is -1.17. The molecule has 2 N–H and O–H groups in total. The van der Waals surface area contributed by atoms with Gasteiger partial charge in [0.25, 0.3) is 0 Å². The van der Waals surface area contributed by atoms with E-state index in [2.05, 4.69) is 5.32 Å². The fourth-order valence-corrected chi connectivity index (χ4v) is 1.87. The lowest BCUT2D eigenvalue weighted by Crippen LogP contribution is -2.42. The maximum Gasteiger partial charge on any atom is 0.234 e. The number of carbonyl (C=O) groups excluding carboxylic acids is 1. The Morgan fingerprint density at radius 2 is 2.39 bits per heavy atom. The van der Waals surface area contributed by atoms with Gasteiger partial charge in [0, 0.05) is 6.04 Å². The molecule has 18 heavy (non-hydrogen) atoms. The van der Waals surface area contributed by atoms with Crippen molar-refractivity contribution in [2.75, 3.05) is 20.1 Å². The number of rotatable bonds is 6. The van der Waals surface area contributed by atoms with Gasteiger partial charge in [-0.05, 0) is 38.9 Å². The molecule has 0 radical (unpaired) electrons. The minimum atomic E-state index is -1.17. The van der Waals surface area contributed by atoms with Crippen LogP contribution in [0.25, 0.3) is 0 Å². The lowest BCUT2D eigenvalue weighted by Gasteiger charge is -2.22. The minimum Gasteiger partial charge on any atom is -0.466 e. The molecule has 1 atom stereocenters. The molecule has 1 amide bonds. The number of hydrogen-bond donors (Lipinski definition) is 2. The summed E-state index contributed by atoms with van der Waals surface area (Å²) in [4.78, 5) is 13.7. The van der Waals surface area contributed by atoms with Gasteiger partial charge in [0.15, 0.2) is 0 Å². The Morgan fingerprint density at radius 3 is 2.94 bits per heavy atom. The quantitative estimate of drug-likeness (QED) is 0.782. The summed E-state index contributed by atoms with van der Waals surface area (Å²) in [5, 5.41) is 12.9. The van der Waals surface area contributed by atoms with Gasteiger partial charge in [0.2, 0.25) is 5.91 Å². The molecular weight excluding hydrogens is 232 g/mol. The normalized spacial score (nSPS) is 18.7. The predicted octanol–water partition coefficient (Wildman–Crippen LogP) is 0.697. The first-order chi connectivity index (χ1) is 8.49. The van der Waals surface area contributed by atoms with Gasteiger partial charge >= 0.3 is 0 Å². The molecule has 1 unspecified atom stereocenters. The van der Waals surface area contributed by atoms with E-state index in [9.17, 15) is 9.90 Å². The highest BCUT2D eigenvalue weighted by Gasteiger charge is 2.29. The zero-order valence-corrected chi connectivity index (χ0v) is 10.8. The third-order valence-corrected chi connectivity index (χ3v) is 3.25. The summed E-state index contributed by atoms with van der Waals surface area (Å²) in [6.07, 6.45) is 3.86. The van der Waals surface area contributed by atoms with E-state index in [1.807, 2.05) is 11.9 Å². The van der Waals surface area contributed by atoms with Crippen LogP contribution in [0.1, 0.15) is 25.5 Å². The Kier molecular flexibility index (Phi) is 3.73. The minimum absolute atomic E-state index is 0.0729. The van der Waals surface area contributed by atoms with Gasteiger partial charge in [0.05, 0.1) is 19.4 Å². The van der Waals surface area contributed by atoms with E-state index in [4.69, 9.17) is 4.42 Å². The fraction of sp³-hybridized carbons (Fsp3) is 0.615. The van der Waals surface area contributed by atoms with E-state index in [-0.39, 0.29) is 12.5 Å². The Morgan fingerprint density at radius 1 is 1.67 bits per heavy atom. The van der Waals surface area contributed by atoms with Gasteiger partial charge in [-0.3, -0.25) is 9.69 Å². The Hall–Kier alpha value is -1.33. The second kappa shape index (κ2) is 5.12. The average molecular weight is 252 g/mol. The summed E-state index contributed by atoms with van der Waals surface area (Å²) in [5.74, 6) is 0.384. The van der Waals surface area contributed by atoms with E-state index in [0.29, 0.717) is 18.3 Å². The lowest BCUT2D eigenvalue weighted by atomic mass is 10.0. The first kappa shape index (κ1) is 13.1. The number of hydrogen-bond acceptors (Lipinski definition) is 4. The Labute approximate surface area is 107 Å². The van der Waals surface area contributed by atoms with Crippen molar-refractivity contribution in [1.82, 2.24) is 10.2 Å². The van der Waals surface area contributed by atoms with Gasteiger partial charge < -0.3 is 14.8 Å². The van der Waals surface area contributed by atoms with Gasteiger partial charge in [-0.25, -0.2) is 0 Å². The third-order valence-electron chi connectivity index (χ3n) is 3.25. The summed E-state index contributed by atoms with van der Waals surface area (Å²) in [7, 11) is 1.95. The highest BCUT2D eigenvalue weighted by Crippen LogP contribution is 2.24. The maximum absolute atomic E-state index is 11.7. The van der Waals surface area contributed by atoms with E-state index >= 15 is 0 Å². The molecule has 5 heteroatoms. The summed E-state index contributed by atoms with van der Waals surface area (Å²) in [6, 6.07) is 3.97. The van der Waals surface area contributed by atoms with Crippen LogP contribution >= 0.6 is 0 Å². The molecule has 1 aliphatic rings. The van der Waals surface area contributed by atoms with Gasteiger partial charge in [-0.1, -0.05) is 0 Å². The van der Waals surface area contributed by atoms with Crippen LogP contribution in [0.2, 0.25) is 0 Å². The van der Waals surface area contributed by atoms with Crippen LogP contribution in [0.5, 0.6) is 0 Å². The van der Waals surface area contributed by atoms with E-state index in [1.54, 1.807) is 19.1 Å². The molecule has 2 rings (SSSR count). The van der Waals surface area contributed by atoms with E-state index < -0.39 is 5.60 Å². The molecule has 1 aromatic rings. The standard InChI is InChI=1S/C13H20N2O3/c1-13(17,11-4-3-7-18-11)9-14-12(16)8-15(2)10-5-6-10/h3-4,7,10,17H,5-6,8-9H2,1-2H3,(H,14,16). The maximum atomic E-state index is 11.7. The molecular formula is C13H20N2O3. The van der Waals surface area contributed by atoms with Gasteiger partial charge in [0.1, 0.15) is 11.4 Å². The zero-order chi connectivity index (χ0) is 13.2. The number of nitrogens with zero attached hydrogens (tertiary/aromatic N) is 1. The largest absolute Gasteiger partial charge is 0.466 e. The first-order valence-electron chi connectivity index (χ1n) is 6.22. The van der Waals surface area contributed by atoms with Gasteiger partial charge in [-0.2, -0.15) is 0 Å². The van der Waals surface area contributed by atoms with Gasteiger partial charge in [-0.15, -0.1) is 0 Å².